The van der Waals surface area contributed by atoms with Crippen LogP contribution in [-0.2, 0) is 14.3 Å². The highest BCUT2D eigenvalue weighted by Crippen LogP contribution is 2.35. The third-order valence-electron chi connectivity index (χ3n) is 2.45. The first kappa shape index (κ1) is 10.8. The fourth-order valence-electron chi connectivity index (χ4n) is 1.67. The minimum atomic E-state index is -0.981. The number of rotatable bonds is 1. The van der Waals surface area contributed by atoms with Crippen molar-refractivity contribution in [1.82, 2.24) is 0 Å². The zero-order valence-electron chi connectivity index (χ0n) is 7.94. The average molecular weight is 198 g/mol. The zero-order valence-corrected chi connectivity index (χ0v) is 7.94. The highest BCUT2D eigenvalue weighted by atomic mass is 16.6. The molecule has 2 atom stereocenters. The van der Waals surface area contributed by atoms with E-state index in [0.29, 0.717) is 12.0 Å². The molecule has 2 rings (SSSR count). The van der Waals surface area contributed by atoms with Gasteiger partial charge in [-0.25, -0.2) is 4.79 Å². The van der Waals surface area contributed by atoms with Gasteiger partial charge in [-0.1, -0.05) is 13.0 Å². The van der Waals surface area contributed by atoms with E-state index in [9.17, 15) is 9.59 Å². The predicted octanol–water partition coefficient (Wildman–Crippen LogP) is 1.36. The lowest BCUT2D eigenvalue weighted by atomic mass is 9.83. The number of esters is 1. The van der Waals surface area contributed by atoms with Crippen molar-refractivity contribution in [1.29, 1.82) is 0 Å². The summed E-state index contributed by atoms with van der Waals surface area (Å²) >= 11 is 0. The molecule has 1 heterocycles. The summed E-state index contributed by atoms with van der Waals surface area (Å²) in [6, 6.07) is 0. The molecule has 14 heavy (non-hydrogen) atoms. The van der Waals surface area contributed by atoms with Gasteiger partial charge in [0.25, 0.3) is 0 Å². The van der Waals surface area contributed by atoms with E-state index in [1.54, 1.807) is 0 Å². The van der Waals surface area contributed by atoms with E-state index in [1.165, 1.54) is 12.8 Å². The van der Waals surface area contributed by atoms with Crippen molar-refractivity contribution in [3.05, 3.63) is 12.7 Å². The Labute approximate surface area is 82.6 Å². The van der Waals surface area contributed by atoms with Crippen molar-refractivity contribution >= 4 is 11.9 Å². The smallest absolute Gasteiger partial charge is 0.327 e. The van der Waals surface area contributed by atoms with Crippen LogP contribution in [0.2, 0.25) is 0 Å². The molecular weight excluding hydrogens is 184 g/mol. The number of hydrogen-bond acceptors (Lipinski definition) is 3. The Morgan fingerprint density at radius 3 is 2.43 bits per heavy atom. The number of ether oxygens (including phenoxy) is 1. The first-order valence-electron chi connectivity index (χ1n) is 4.71. The number of carboxylic acid groups (broad SMARTS) is 1. The minimum Gasteiger partial charge on any atom is -0.478 e. The molecule has 0 aromatic heterocycles. The van der Waals surface area contributed by atoms with E-state index in [4.69, 9.17) is 9.84 Å². The van der Waals surface area contributed by atoms with Crippen molar-refractivity contribution < 1.29 is 19.4 Å². The fraction of sp³-hybridized carbons (Fsp3) is 0.600. The Morgan fingerprint density at radius 2 is 2.07 bits per heavy atom. The second-order valence-electron chi connectivity index (χ2n) is 3.41. The van der Waals surface area contributed by atoms with Crippen LogP contribution in [0.25, 0.3) is 0 Å². The second kappa shape index (κ2) is 4.79. The van der Waals surface area contributed by atoms with Crippen LogP contribution in [0.1, 0.15) is 25.7 Å². The molecule has 78 valence electrons. The van der Waals surface area contributed by atoms with Crippen molar-refractivity contribution in [2.24, 2.45) is 5.92 Å². The average Bonchev–Trinajstić information content (AvgIpc) is 2.17. The Balaban J connectivity index is 0.000000171. The van der Waals surface area contributed by atoms with Crippen molar-refractivity contribution in [3.63, 3.8) is 0 Å². The first-order valence-corrected chi connectivity index (χ1v) is 4.71. The maximum atomic E-state index is 10.6. The third-order valence-corrected chi connectivity index (χ3v) is 2.45. The molecule has 0 bridgehead atoms. The van der Waals surface area contributed by atoms with Gasteiger partial charge < -0.3 is 9.84 Å². The summed E-state index contributed by atoms with van der Waals surface area (Å²) < 4.78 is 4.90. The van der Waals surface area contributed by atoms with Crippen molar-refractivity contribution in [3.8, 4) is 0 Å². The molecule has 0 spiro atoms. The van der Waals surface area contributed by atoms with Crippen molar-refractivity contribution in [2.45, 2.75) is 31.8 Å². The molecule has 4 nitrogen and oxygen atoms in total. The summed E-state index contributed by atoms with van der Waals surface area (Å²) in [5.74, 6) is -0.650. The summed E-state index contributed by atoms with van der Waals surface area (Å²) in [7, 11) is 0. The Bertz CT molecular complexity index is 247. The predicted molar refractivity (Wildman–Crippen MR) is 49.7 cm³/mol. The monoisotopic (exact) mass is 198 g/mol. The van der Waals surface area contributed by atoms with Gasteiger partial charge in [0.1, 0.15) is 6.10 Å². The first-order chi connectivity index (χ1) is 6.65. The number of carboxylic acids is 1. The van der Waals surface area contributed by atoms with E-state index in [0.717, 1.165) is 18.9 Å². The number of carbonyl (C=O) groups excluding carboxylic acids is 1. The molecule has 1 saturated carbocycles. The topological polar surface area (TPSA) is 63.6 Å². The van der Waals surface area contributed by atoms with E-state index in [2.05, 4.69) is 6.58 Å². The van der Waals surface area contributed by atoms with Gasteiger partial charge in [0.15, 0.2) is 0 Å². The van der Waals surface area contributed by atoms with E-state index in [1.807, 2.05) is 0 Å². The molecule has 2 fully saturated rings. The van der Waals surface area contributed by atoms with Gasteiger partial charge in [-0.3, -0.25) is 4.79 Å². The van der Waals surface area contributed by atoms with Gasteiger partial charge in [0.05, 0.1) is 5.92 Å². The minimum absolute atomic E-state index is 0.0414. The highest BCUT2D eigenvalue weighted by molar-refractivity contribution is 5.79. The summed E-state index contributed by atoms with van der Waals surface area (Å²) in [5, 5.41) is 7.60. The van der Waals surface area contributed by atoms with E-state index in [-0.39, 0.29) is 5.97 Å². The lowest BCUT2D eigenvalue weighted by molar-refractivity contribution is -0.189. The molecule has 1 N–H and O–H groups in total. The normalized spacial score (nSPS) is 28.4. The summed E-state index contributed by atoms with van der Waals surface area (Å²) in [4.78, 5) is 19.9. The molecule has 0 amide bonds. The van der Waals surface area contributed by atoms with Crippen LogP contribution in [0.15, 0.2) is 12.7 Å². The Hall–Kier alpha value is -1.32. The number of aliphatic carboxylic acids is 1. The summed E-state index contributed by atoms with van der Waals surface area (Å²) in [6.45, 7) is 2.96. The molecule has 4 heteroatoms. The molecule has 0 radical (unpaired) electrons. The van der Waals surface area contributed by atoms with Crippen LogP contribution >= 0.6 is 0 Å². The molecule has 1 aliphatic carbocycles. The zero-order chi connectivity index (χ0) is 10.6. The molecule has 0 aromatic rings. The molecule has 1 saturated heterocycles. The van der Waals surface area contributed by atoms with E-state index >= 15 is 0 Å². The molecule has 1 aliphatic heterocycles. The maximum Gasteiger partial charge on any atom is 0.327 e. The van der Waals surface area contributed by atoms with Crippen LogP contribution in [0.5, 0.6) is 0 Å². The lowest BCUT2D eigenvalue weighted by Crippen LogP contribution is -2.46. The van der Waals surface area contributed by atoms with Gasteiger partial charge in [-0.15, -0.1) is 0 Å². The largest absolute Gasteiger partial charge is 0.478 e. The fourth-order valence-corrected chi connectivity index (χ4v) is 1.67. The standard InChI is InChI=1S/C7H10O2.C3H4O2/c8-7-5-3-1-2-4-6(5)9-7;1-2-3(4)5/h5-6H,1-4H2;2H,1H2,(H,4,5). The molecule has 0 aromatic carbocycles. The highest BCUT2D eigenvalue weighted by Gasteiger charge is 2.43. The molecule has 2 aliphatic rings. The van der Waals surface area contributed by atoms with Gasteiger partial charge >= 0.3 is 11.9 Å². The molecular formula is C10H14O4. The SMILES string of the molecule is C=CC(=O)O.O=C1OC2CCCCC12. The Kier molecular flexibility index (Phi) is 3.68. The lowest BCUT2D eigenvalue weighted by Gasteiger charge is -2.38. The maximum absolute atomic E-state index is 10.6. The Morgan fingerprint density at radius 1 is 1.50 bits per heavy atom. The van der Waals surface area contributed by atoms with Crippen LogP contribution in [0, 0.1) is 5.92 Å². The summed E-state index contributed by atoms with van der Waals surface area (Å²) in [6.07, 6.45) is 5.79. The second-order valence-corrected chi connectivity index (χ2v) is 3.41. The van der Waals surface area contributed by atoms with Gasteiger partial charge in [0, 0.05) is 6.08 Å². The van der Waals surface area contributed by atoms with Crippen LogP contribution < -0.4 is 0 Å². The van der Waals surface area contributed by atoms with Gasteiger partial charge in [-0.05, 0) is 19.3 Å². The van der Waals surface area contributed by atoms with Gasteiger partial charge in [0.2, 0.25) is 0 Å². The third kappa shape index (κ3) is 2.58. The van der Waals surface area contributed by atoms with Crippen LogP contribution in [0.4, 0.5) is 0 Å². The quantitative estimate of drug-likeness (QED) is 0.510. The molecule has 2 unspecified atom stereocenters. The number of fused-ring (bicyclic) bond motifs is 1. The number of hydrogen-bond donors (Lipinski definition) is 1. The van der Waals surface area contributed by atoms with Crippen LogP contribution in [0.3, 0.4) is 0 Å². The van der Waals surface area contributed by atoms with E-state index < -0.39 is 5.97 Å². The van der Waals surface area contributed by atoms with Crippen LogP contribution in [-0.4, -0.2) is 23.1 Å². The number of carbonyl (C=O) groups is 2. The van der Waals surface area contributed by atoms with Gasteiger partial charge in [-0.2, -0.15) is 0 Å². The summed E-state index contributed by atoms with van der Waals surface area (Å²) in [5.41, 5.74) is 0. The van der Waals surface area contributed by atoms with Crippen molar-refractivity contribution in [2.75, 3.05) is 0 Å².